The Morgan fingerprint density at radius 2 is 2.20 bits per heavy atom. The summed E-state index contributed by atoms with van der Waals surface area (Å²) >= 11 is 1.91. The lowest BCUT2D eigenvalue weighted by Crippen LogP contribution is -2.59. The molecule has 1 heterocycles. The first-order chi connectivity index (χ1) is 9.52. The largest absolute Gasteiger partial charge is 0.480 e. The molecule has 0 bridgehead atoms. The molecule has 0 aromatic carbocycles. The normalized spacial score (nSPS) is 33.6. The second-order valence-electron chi connectivity index (χ2n) is 6.15. The average Bonchev–Trinajstić information content (AvgIpc) is 2.89. The van der Waals surface area contributed by atoms with Gasteiger partial charge < -0.3 is 15.7 Å². The molecule has 2 amide bonds. The molecule has 5 nitrogen and oxygen atoms in total. The number of carbonyl (C=O) groups is 2. The van der Waals surface area contributed by atoms with Crippen LogP contribution in [0.4, 0.5) is 4.79 Å². The molecule has 114 valence electrons. The number of carboxylic acids is 1. The maximum Gasteiger partial charge on any atom is 0.329 e. The van der Waals surface area contributed by atoms with Crippen LogP contribution in [0.3, 0.4) is 0 Å². The Labute approximate surface area is 124 Å². The zero-order valence-corrected chi connectivity index (χ0v) is 12.8. The van der Waals surface area contributed by atoms with Crippen molar-refractivity contribution in [3.8, 4) is 0 Å². The van der Waals surface area contributed by atoms with E-state index in [9.17, 15) is 14.7 Å². The fourth-order valence-corrected chi connectivity index (χ4v) is 4.44. The number of aliphatic carboxylic acids is 1. The van der Waals surface area contributed by atoms with Crippen LogP contribution in [0.5, 0.6) is 0 Å². The van der Waals surface area contributed by atoms with Crippen LogP contribution < -0.4 is 10.6 Å². The van der Waals surface area contributed by atoms with Crippen molar-refractivity contribution in [1.82, 2.24) is 10.6 Å². The summed E-state index contributed by atoms with van der Waals surface area (Å²) in [5, 5.41) is 15.1. The van der Waals surface area contributed by atoms with E-state index in [1.165, 1.54) is 0 Å². The van der Waals surface area contributed by atoms with Crippen molar-refractivity contribution in [3.63, 3.8) is 0 Å². The van der Waals surface area contributed by atoms with Gasteiger partial charge in [-0.15, -0.1) is 0 Å². The standard InChI is InChI=1S/C14H24N2O3S/c1-10-3-2-5-14(7-10,12(17)18)16-13(19)15-8-11-4-6-20-9-11/h10-11H,2-9H2,1H3,(H,17,18)(H2,15,16,19). The number of carbonyl (C=O) groups excluding carboxylic acids is 1. The smallest absolute Gasteiger partial charge is 0.329 e. The number of hydrogen-bond acceptors (Lipinski definition) is 3. The fraction of sp³-hybridized carbons (Fsp3) is 0.857. The maximum atomic E-state index is 12.0. The Balaban J connectivity index is 1.87. The zero-order valence-electron chi connectivity index (χ0n) is 12.0. The monoisotopic (exact) mass is 300 g/mol. The van der Waals surface area contributed by atoms with Gasteiger partial charge in [0.25, 0.3) is 0 Å². The van der Waals surface area contributed by atoms with Gasteiger partial charge in [-0.1, -0.05) is 19.8 Å². The molecule has 0 aromatic heterocycles. The van der Waals surface area contributed by atoms with Gasteiger partial charge in [0.2, 0.25) is 0 Å². The fourth-order valence-electron chi connectivity index (χ4n) is 3.16. The van der Waals surface area contributed by atoms with E-state index < -0.39 is 11.5 Å². The highest BCUT2D eigenvalue weighted by Gasteiger charge is 2.43. The Bertz CT molecular complexity index is 371. The minimum Gasteiger partial charge on any atom is -0.480 e. The topological polar surface area (TPSA) is 78.4 Å². The molecule has 2 fully saturated rings. The number of hydrogen-bond donors (Lipinski definition) is 3. The molecule has 0 radical (unpaired) electrons. The molecule has 1 saturated heterocycles. The second kappa shape index (κ2) is 6.70. The number of carboxylic acid groups (broad SMARTS) is 1. The summed E-state index contributed by atoms with van der Waals surface area (Å²) in [6, 6.07) is -0.335. The van der Waals surface area contributed by atoms with Crippen molar-refractivity contribution in [2.75, 3.05) is 18.1 Å². The molecule has 2 aliphatic rings. The molecule has 3 atom stereocenters. The van der Waals surface area contributed by atoms with Crippen LogP contribution in [-0.2, 0) is 4.79 Å². The molecule has 3 N–H and O–H groups in total. The molecule has 1 saturated carbocycles. The lowest BCUT2D eigenvalue weighted by atomic mass is 9.76. The predicted molar refractivity (Wildman–Crippen MR) is 80.0 cm³/mol. The number of nitrogens with one attached hydrogen (secondary N) is 2. The van der Waals surface area contributed by atoms with E-state index in [0.29, 0.717) is 31.2 Å². The zero-order chi connectivity index (χ0) is 14.6. The first-order valence-corrected chi connectivity index (χ1v) is 8.54. The Kier molecular flexibility index (Phi) is 5.18. The van der Waals surface area contributed by atoms with Gasteiger partial charge in [0.05, 0.1) is 0 Å². The highest BCUT2D eigenvalue weighted by molar-refractivity contribution is 7.99. The molecule has 0 spiro atoms. The first kappa shape index (κ1) is 15.5. The molecule has 1 aliphatic carbocycles. The molecule has 2 rings (SSSR count). The van der Waals surface area contributed by atoms with Crippen LogP contribution >= 0.6 is 11.8 Å². The van der Waals surface area contributed by atoms with E-state index in [4.69, 9.17) is 0 Å². The Morgan fingerprint density at radius 1 is 1.40 bits per heavy atom. The third-order valence-electron chi connectivity index (χ3n) is 4.33. The van der Waals surface area contributed by atoms with Crippen molar-refractivity contribution in [1.29, 1.82) is 0 Å². The van der Waals surface area contributed by atoms with Crippen LogP contribution in [-0.4, -0.2) is 40.7 Å². The van der Waals surface area contributed by atoms with Crippen molar-refractivity contribution < 1.29 is 14.7 Å². The van der Waals surface area contributed by atoms with E-state index in [1.807, 2.05) is 18.7 Å². The molecular formula is C14H24N2O3S. The van der Waals surface area contributed by atoms with E-state index >= 15 is 0 Å². The molecule has 20 heavy (non-hydrogen) atoms. The van der Waals surface area contributed by atoms with Crippen LogP contribution in [0.25, 0.3) is 0 Å². The van der Waals surface area contributed by atoms with E-state index in [1.54, 1.807) is 0 Å². The first-order valence-electron chi connectivity index (χ1n) is 7.39. The van der Waals surface area contributed by atoms with Gasteiger partial charge in [0.15, 0.2) is 0 Å². The Morgan fingerprint density at radius 3 is 2.80 bits per heavy atom. The summed E-state index contributed by atoms with van der Waals surface area (Å²) in [7, 11) is 0. The highest BCUT2D eigenvalue weighted by Crippen LogP contribution is 2.32. The van der Waals surface area contributed by atoms with Crippen LogP contribution in [0, 0.1) is 11.8 Å². The summed E-state index contributed by atoms with van der Waals surface area (Å²) < 4.78 is 0. The minimum atomic E-state index is -1.08. The number of rotatable bonds is 4. The summed E-state index contributed by atoms with van der Waals surface area (Å²) in [4.78, 5) is 23.6. The Hall–Kier alpha value is -0.910. The average molecular weight is 300 g/mol. The van der Waals surface area contributed by atoms with Gasteiger partial charge in [-0.25, -0.2) is 9.59 Å². The van der Waals surface area contributed by atoms with Crippen LogP contribution in [0.1, 0.15) is 39.0 Å². The molecule has 0 aromatic rings. The lowest BCUT2D eigenvalue weighted by Gasteiger charge is -2.37. The van der Waals surface area contributed by atoms with Crippen molar-refractivity contribution in [3.05, 3.63) is 0 Å². The summed E-state index contributed by atoms with van der Waals surface area (Å²) in [6.07, 6.45) is 4.07. The van der Waals surface area contributed by atoms with Gasteiger partial charge in [0, 0.05) is 6.54 Å². The predicted octanol–water partition coefficient (Wildman–Crippen LogP) is 2.07. The van der Waals surface area contributed by atoms with Gasteiger partial charge in [-0.2, -0.15) is 11.8 Å². The lowest BCUT2D eigenvalue weighted by molar-refractivity contribution is -0.146. The van der Waals surface area contributed by atoms with Gasteiger partial charge in [0.1, 0.15) is 5.54 Å². The molecule has 3 unspecified atom stereocenters. The second-order valence-corrected chi connectivity index (χ2v) is 7.30. The third kappa shape index (κ3) is 3.81. The quantitative estimate of drug-likeness (QED) is 0.742. The van der Waals surface area contributed by atoms with E-state index in [2.05, 4.69) is 10.6 Å². The summed E-state index contributed by atoms with van der Waals surface area (Å²) in [5.41, 5.74) is -1.08. The number of amides is 2. The number of urea groups is 1. The highest BCUT2D eigenvalue weighted by atomic mass is 32.2. The number of thioether (sulfide) groups is 1. The van der Waals surface area contributed by atoms with E-state index in [-0.39, 0.29) is 6.03 Å². The summed E-state index contributed by atoms with van der Waals surface area (Å²) in [5.74, 6) is 2.20. The van der Waals surface area contributed by atoms with Crippen LogP contribution in [0.15, 0.2) is 0 Å². The van der Waals surface area contributed by atoms with Gasteiger partial charge in [-0.3, -0.25) is 0 Å². The van der Waals surface area contributed by atoms with Crippen molar-refractivity contribution in [2.45, 2.75) is 44.6 Å². The van der Waals surface area contributed by atoms with Gasteiger partial charge >= 0.3 is 12.0 Å². The molecular weight excluding hydrogens is 276 g/mol. The SMILES string of the molecule is CC1CCCC(NC(=O)NCC2CCSC2)(C(=O)O)C1. The van der Waals surface area contributed by atoms with Crippen molar-refractivity contribution >= 4 is 23.8 Å². The molecule has 1 aliphatic heterocycles. The van der Waals surface area contributed by atoms with Gasteiger partial charge in [-0.05, 0) is 42.6 Å². The summed E-state index contributed by atoms with van der Waals surface area (Å²) in [6.45, 7) is 2.69. The van der Waals surface area contributed by atoms with E-state index in [0.717, 1.165) is 30.8 Å². The minimum absolute atomic E-state index is 0.335. The third-order valence-corrected chi connectivity index (χ3v) is 5.57. The molecule has 6 heteroatoms. The van der Waals surface area contributed by atoms with Crippen molar-refractivity contribution in [2.24, 2.45) is 11.8 Å². The maximum absolute atomic E-state index is 12.0. The van der Waals surface area contributed by atoms with Crippen LogP contribution in [0.2, 0.25) is 0 Å².